The van der Waals surface area contributed by atoms with Crippen LogP contribution in [0.15, 0.2) is 30.5 Å². The molecule has 1 aromatic rings. The molecule has 0 aliphatic carbocycles. The molecule has 0 atom stereocenters. The highest BCUT2D eigenvalue weighted by atomic mass is 19.4. The summed E-state index contributed by atoms with van der Waals surface area (Å²) in [5.41, 5.74) is -0.0996. The molecule has 7 heteroatoms. The van der Waals surface area contributed by atoms with Crippen molar-refractivity contribution < 1.29 is 22.7 Å². The van der Waals surface area contributed by atoms with E-state index < -0.39 is 17.6 Å². The zero-order valence-corrected chi connectivity index (χ0v) is 11.0. The van der Waals surface area contributed by atoms with Crippen LogP contribution in [0.5, 0.6) is 0 Å². The Labute approximate surface area is 114 Å². The summed E-state index contributed by atoms with van der Waals surface area (Å²) in [6.07, 6.45) is -3.83. The van der Waals surface area contributed by atoms with Gasteiger partial charge in [-0.05, 0) is 19.1 Å². The average molecular weight is 288 g/mol. The molecular weight excluding hydrogens is 273 g/mol. The number of pyridine rings is 1. The number of carbonyl (C=O) groups excluding carboxylic acids is 1. The Morgan fingerprint density at radius 2 is 2.15 bits per heavy atom. The predicted octanol–water partition coefficient (Wildman–Crippen LogP) is 2.42. The van der Waals surface area contributed by atoms with E-state index >= 15 is 0 Å². The summed E-state index contributed by atoms with van der Waals surface area (Å²) < 4.78 is 42.1. The molecule has 1 heterocycles. The summed E-state index contributed by atoms with van der Waals surface area (Å²) in [6.45, 7) is 6.39. The molecule has 0 unspecified atom stereocenters. The predicted molar refractivity (Wildman–Crippen MR) is 67.2 cm³/mol. The zero-order valence-electron chi connectivity index (χ0n) is 11.0. The lowest BCUT2D eigenvalue weighted by Gasteiger charge is -2.08. The van der Waals surface area contributed by atoms with Crippen LogP contribution in [-0.2, 0) is 10.9 Å². The van der Waals surface area contributed by atoms with E-state index in [4.69, 9.17) is 4.74 Å². The van der Waals surface area contributed by atoms with Gasteiger partial charge in [0.1, 0.15) is 5.69 Å². The third-order valence-corrected chi connectivity index (χ3v) is 2.20. The molecule has 1 amide bonds. The van der Waals surface area contributed by atoms with Crippen LogP contribution in [-0.4, -0.2) is 30.6 Å². The van der Waals surface area contributed by atoms with Gasteiger partial charge >= 0.3 is 6.18 Å². The highest BCUT2D eigenvalue weighted by Crippen LogP contribution is 2.28. The van der Waals surface area contributed by atoms with Crippen LogP contribution in [0.1, 0.15) is 23.0 Å². The van der Waals surface area contributed by atoms with Gasteiger partial charge in [-0.2, -0.15) is 13.2 Å². The largest absolute Gasteiger partial charge is 0.417 e. The van der Waals surface area contributed by atoms with Crippen molar-refractivity contribution in [2.75, 3.05) is 19.8 Å². The third-order valence-electron chi connectivity index (χ3n) is 2.20. The van der Waals surface area contributed by atoms with Crippen LogP contribution in [0.3, 0.4) is 0 Å². The summed E-state index contributed by atoms with van der Waals surface area (Å²) in [4.78, 5) is 15.1. The number of hydrogen-bond donors (Lipinski definition) is 1. The first-order chi connectivity index (χ1) is 9.30. The fourth-order valence-corrected chi connectivity index (χ4v) is 1.27. The zero-order chi connectivity index (χ0) is 15.2. The van der Waals surface area contributed by atoms with Gasteiger partial charge in [-0.15, -0.1) is 0 Å². The molecule has 0 aliphatic rings. The normalized spacial score (nSPS) is 11.2. The van der Waals surface area contributed by atoms with Crippen LogP contribution in [0, 0.1) is 0 Å². The van der Waals surface area contributed by atoms with Crippen LogP contribution < -0.4 is 5.32 Å². The lowest BCUT2D eigenvalue weighted by molar-refractivity contribution is -0.137. The summed E-state index contributed by atoms with van der Waals surface area (Å²) in [6, 6.07) is 1.85. The first-order valence-electron chi connectivity index (χ1n) is 5.84. The van der Waals surface area contributed by atoms with Crippen molar-refractivity contribution >= 4 is 5.91 Å². The molecule has 110 valence electrons. The van der Waals surface area contributed by atoms with E-state index in [2.05, 4.69) is 16.9 Å². The fraction of sp³-hybridized carbons (Fsp3) is 0.385. The maximum Gasteiger partial charge on any atom is 0.417 e. The Bertz CT molecular complexity index is 469. The SMILES string of the molecule is C=C(C)COCCNC(=O)c1ccc(C(F)(F)F)cn1. The fourth-order valence-electron chi connectivity index (χ4n) is 1.27. The molecule has 0 spiro atoms. The van der Waals surface area contributed by atoms with E-state index in [9.17, 15) is 18.0 Å². The standard InChI is InChI=1S/C13H15F3N2O2/c1-9(2)8-20-6-5-17-12(19)11-4-3-10(7-18-11)13(14,15)16/h3-4,7H,1,5-6,8H2,2H3,(H,17,19). The van der Waals surface area contributed by atoms with E-state index in [1.54, 1.807) is 0 Å². The van der Waals surface area contributed by atoms with Crippen molar-refractivity contribution in [3.05, 3.63) is 41.7 Å². The van der Waals surface area contributed by atoms with Crippen LogP contribution in [0.4, 0.5) is 13.2 Å². The van der Waals surface area contributed by atoms with Crippen LogP contribution in [0.2, 0.25) is 0 Å². The molecule has 0 aromatic carbocycles. The number of nitrogens with zero attached hydrogens (tertiary/aromatic N) is 1. The Balaban J connectivity index is 2.42. The molecule has 0 saturated heterocycles. The lowest BCUT2D eigenvalue weighted by atomic mass is 10.2. The van der Waals surface area contributed by atoms with Crippen molar-refractivity contribution in [2.45, 2.75) is 13.1 Å². The van der Waals surface area contributed by atoms with E-state index in [0.717, 1.165) is 17.7 Å². The summed E-state index contributed by atoms with van der Waals surface area (Å²) >= 11 is 0. The van der Waals surface area contributed by atoms with E-state index in [-0.39, 0.29) is 12.2 Å². The first kappa shape index (κ1) is 16.2. The van der Waals surface area contributed by atoms with Crippen molar-refractivity contribution in [2.24, 2.45) is 0 Å². The number of aromatic nitrogens is 1. The van der Waals surface area contributed by atoms with E-state index in [1.807, 2.05) is 6.92 Å². The number of rotatable bonds is 6. The highest BCUT2D eigenvalue weighted by Gasteiger charge is 2.30. The summed E-state index contributed by atoms with van der Waals surface area (Å²) in [7, 11) is 0. The quantitative estimate of drug-likeness (QED) is 0.646. The second kappa shape index (κ2) is 7.04. The minimum Gasteiger partial charge on any atom is -0.375 e. The minimum atomic E-state index is -4.46. The third kappa shape index (κ3) is 5.40. The van der Waals surface area contributed by atoms with E-state index in [0.29, 0.717) is 19.4 Å². The molecule has 4 nitrogen and oxygen atoms in total. The number of amides is 1. The topological polar surface area (TPSA) is 51.2 Å². The maximum absolute atomic E-state index is 12.3. The van der Waals surface area contributed by atoms with Gasteiger partial charge in [-0.1, -0.05) is 12.2 Å². The van der Waals surface area contributed by atoms with Gasteiger partial charge in [0.25, 0.3) is 5.91 Å². The van der Waals surface area contributed by atoms with Gasteiger partial charge in [0.2, 0.25) is 0 Å². The van der Waals surface area contributed by atoms with Gasteiger partial charge < -0.3 is 10.1 Å². The Kier molecular flexibility index (Phi) is 5.69. The van der Waals surface area contributed by atoms with E-state index in [1.165, 1.54) is 0 Å². The summed E-state index contributed by atoms with van der Waals surface area (Å²) in [5, 5.41) is 2.49. The van der Waals surface area contributed by atoms with Gasteiger partial charge in [-0.25, -0.2) is 0 Å². The van der Waals surface area contributed by atoms with Gasteiger partial charge in [0.15, 0.2) is 0 Å². The first-order valence-corrected chi connectivity index (χ1v) is 5.84. The lowest BCUT2D eigenvalue weighted by Crippen LogP contribution is -2.28. The molecule has 0 saturated carbocycles. The molecule has 0 bridgehead atoms. The number of hydrogen-bond acceptors (Lipinski definition) is 3. The molecule has 1 N–H and O–H groups in total. The Morgan fingerprint density at radius 1 is 1.45 bits per heavy atom. The van der Waals surface area contributed by atoms with Gasteiger partial charge in [-0.3, -0.25) is 9.78 Å². The Morgan fingerprint density at radius 3 is 2.65 bits per heavy atom. The minimum absolute atomic E-state index is 0.0714. The average Bonchev–Trinajstić information content (AvgIpc) is 2.37. The molecule has 1 rings (SSSR count). The van der Waals surface area contributed by atoms with Crippen LogP contribution in [0.25, 0.3) is 0 Å². The van der Waals surface area contributed by atoms with Gasteiger partial charge in [0.05, 0.1) is 18.8 Å². The smallest absolute Gasteiger partial charge is 0.375 e. The molecule has 1 aromatic heterocycles. The van der Waals surface area contributed by atoms with Crippen molar-refractivity contribution in [3.8, 4) is 0 Å². The summed E-state index contributed by atoms with van der Waals surface area (Å²) in [5.74, 6) is -0.544. The van der Waals surface area contributed by atoms with Crippen molar-refractivity contribution in [3.63, 3.8) is 0 Å². The number of carbonyl (C=O) groups is 1. The molecule has 20 heavy (non-hydrogen) atoms. The molecule has 0 fully saturated rings. The number of halogens is 3. The maximum atomic E-state index is 12.3. The number of ether oxygens (including phenoxy) is 1. The number of alkyl halides is 3. The molecule has 0 aliphatic heterocycles. The van der Waals surface area contributed by atoms with Crippen LogP contribution >= 0.6 is 0 Å². The van der Waals surface area contributed by atoms with Crippen molar-refractivity contribution in [1.82, 2.24) is 10.3 Å². The Hall–Kier alpha value is -1.89. The second-order valence-corrected chi connectivity index (χ2v) is 4.20. The monoisotopic (exact) mass is 288 g/mol. The second-order valence-electron chi connectivity index (χ2n) is 4.20. The molecular formula is C13H15F3N2O2. The number of nitrogens with one attached hydrogen (secondary N) is 1. The molecule has 0 radical (unpaired) electrons. The van der Waals surface area contributed by atoms with Gasteiger partial charge in [0, 0.05) is 12.7 Å². The van der Waals surface area contributed by atoms with Crippen molar-refractivity contribution in [1.29, 1.82) is 0 Å². The highest BCUT2D eigenvalue weighted by molar-refractivity contribution is 5.92.